The van der Waals surface area contributed by atoms with E-state index < -0.39 is 0 Å². The fourth-order valence-corrected chi connectivity index (χ4v) is 2.19. The minimum Gasteiger partial charge on any atom is -0.497 e. The molecule has 3 heteroatoms. The van der Waals surface area contributed by atoms with E-state index in [1.54, 1.807) is 0 Å². The largest absolute Gasteiger partial charge is 0.497 e. The Morgan fingerprint density at radius 2 is 2.47 bits per heavy atom. The molecule has 1 atom stereocenters. The summed E-state index contributed by atoms with van der Waals surface area (Å²) in [6, 6.07) is 0.442. The van der Waals surface area contributed by atoms with Crippen molar-refractivity contribution in [1.29, 1.82) is 0 Å². The molecule has 0 aromatic rings. The highest BCUT2D eigenvalue weighted by atomic mass is 32.2. The van der Waals surface area contributed by atoms with Crippen LogP contribution in [0.2, 0.25) is 0 Å². The summed E-state index contributed by atoms with van der Waals surface area (Å²) in [6.45, 7) is 4.18. The molecule has 0 spiro atoms. The van der Waals surface area contributed by atoms with Crippen molar-refractivity contribution in [2.24, 2.45) is 0 Å². The lowest BCUT2D eigenvalue weighted by atomic mass is 10.1. The third-order valence-electron chi connectivity index (χ3n) is 2.56. The van der Waals surface area contributed by atoms with Gasteiger partial charge in [0.2, 0.25) is 0 Å². The summed E-state index contributed by atoms with van der Waals surface area (Å²) in [7, 11) is 0. The Labute approximate surface area is 97.8 Å². The highest BCUT2D eigenvalue weighted by Gasteiger charge is 2.16. The monoisotopic (exact) mass is 229 g/mol. The molecular formula is C12H23NOS. The molecule has 0 fully saturated rings. The number of rotatable bonds is 7. The molecular weight excluding hydrogens is 206 g/mol. The van der Waals surface area contributed by atoms with Gasteiger partial charge in [0.1, 0.15) is 5.76 Å². The van der Waals surface area contributed by atoms with Crippen LogP contribution in [0.3, 0.4) is 0 Å². The first-order chi connectivity index (χ1) is 7.38. The number of ether oxygens (including phenoxy) is 1. The molecule has 1 unspecified atom stereocenters. The molecule has 0 aromatic carbocycles. The number of hydrogen-bond acceptors (Lipinski definition) is 3. The lowest BCUT2D eigenvalue weighted by Gasteiger charge is -2.24. The quantitative estimate of drug-likeness (QED) is 0.725. The molecule has 0 aliphatic carbocycles. The maximum absolute atomic E-state index is 5.72. The second kappa shape index (κ2) is 8.05. The molecule has 1 aliphatic heterocycles. The second-order valence-corrected chi connectivity index (χ2v) is 4.87. The number of thioether (sulfide) groups is 1. The van der Waals surface area contributed by atoms with E-state index in [0.717, 1.165) is 13.2 Å². The Morgan fingerprint density at radius 1 is 1.60 bits per heavy atom. The van der Waals surface area contributed by atoms with Gasteiger partial charge in [0.05, 0.1) is 12.6 Å². The van der Waals surface area contributed by atoms with Crippen LogP contribution in [0.1, 0.15) is 32.6 Å². The number of nitrogens with one attached hydrogen (secondary N) is 1. The molecule has 0 saturated carbocycles. The SMILES string of the molecule is CCCNC(CCSC)C1=CCCCO1. The Balaban J connectivity index is 2.41. The molecule has 1 heterocycles. The smallest absolute Gasteiger partial charge is 0.109 e. The zero-order chi connectivity index (χ0) is 10.9. The summed E-state index contributed by atoms with van der Waals surface area (Å²) in [4.78, 5) is 0. The number of hydrogen-bond donors (Lipinski definition) is 1. The van der Waals surface area contributed by atoms with Gasteiger partial charge in [0, 0.05) is 0 Å². The molecule has 88 valence electrons. The van der Waals surface area contributed by atoms with Crippen LogP contribution in [0.25, 0.3) is 0 Å². The first-order valence-electron chi connectivity index (χ1n) is 5.93. The van der Waals surface area contributed by atoms with Crippen molar-refractivity contribution in [1.82, 2.24) is 5.32 Å². The predicted octanol–water partition coefficient (Wildman–Crippen LogP) is 2.80. The van der Waals surface area contributed by atoms with E-state index in [2.05, 4.69) is 24.6 Å². The third kappa shape index (κ3) is 4.94. The zero-order valence-electron chi connectivity index (χ0n) is 9.92. The third-order valence-corrected chi connectivity index (χ3v) is 3.20. The van der Waals surface area contributed by atoms with Gasteiger partial charge in [-0.2, -0.15) is 11.8 Å². The molecule has 1 N–H and O–H groups in total. The summed E-state index contributed by atoms with van der Waals surface area (Å²) in [5.74, 6) is 2.38. The van der Waals surface area contributed by atoms with E-state index in [1.165, 1.54) is 37.2 Å². The fraction of sp³-hybridized carbons (Fsp3) is 0.833. The summed E-state index contributed by atoms with van der Waals surface area (Å²) >= 11 is 1.90. The van der Waals surface area contributed by atoms with Crippen LogP contribution < -0.4 is 5.32 Å². The molecule has 1 aliphatic rings. The van der Waals surface area contributed by atoms with Crippen molar-refractivity contribution in [2.45, 2.75) is 38.6 Å². The van der Waals surface area contributed by atoms with Gasteiger partial charge in [-0.1, -0.05) is 6.92 Å². The first-order valence-corrected chi connectivity index (χ1v) is 7.33. The summed E-state index contributed by atoms with van der Waals surface area (Å²) in [5, 5.41) is 3.57. The minimum atomic E-state index is 0.442. The van der Waals surface area contributed by atoms with Gasteiger partial charge in [-0.15, -0.1) is 0 Å². The Hall–Kier alpha value is -0.150. The van der Waals surface area contributed by atoms with Gasteiger partial charge in [-0.25, -0.2) is 0 Å². The van der Waals surface area contributed by atoms with E-state index in [0.29, 0.717) is 6.04 Å². The van der Waals surface area contributed by atoms with Crippen molar-refractivity contribution >= 4 is 11.8 Å². The molecule has 15 heavy (non-hydrogen) atoms. The van der Waals surface area contributed by atoms with Gasteiger partial charge >= 0.3 is 0 Å². The Kier molecular flexibility index (Phi) is 6.94. The van der Waals surface area contributed by atoms with E-state index in [9.17, 15) is 0 Å². The average molecular weight is 229 g/mol. The van der Waals surface area contributed by atoms with Gasteiger partial charge in [0.25, 0.3) is 0 Å². The van der Waals surface area contributed by atoms with Gasteiger partial charge in [-0.3, -0.25) is 0 Å². The Morgan fingerprint density at radius 3 is 3.07 bits per heavy atom. The summed E-state index contributed by atoms with van der Waals surface area (Å²) < 4.78 is 5.72. The average Bonchev–Trinajstić information content (AvgIpc) is 2.30. The normalized spacial score (nSPS) is 18.1. The van der Waals surface area contributed by atoms with Crippen LogP contribution in [0.4, 0.5) is 0 Å². The lowest BCUT2D eigenvalue weighted by molar-refractivity contribution is 0.166. The van der Waals surface area contributed by atoms with Crippen LogP contribution >= 0.6 is 11.8 Å². The molecule has 1 rings (SSSR count). The van der Waals surface area contributed by atoms with Crippen LogP contribution in [-0.4, -0.2) is 31.2 Å². The van der Waals surface area contributed by atoms with Crippen molar-refractivity contribution in [3.8, 4) is 0 Å². The molecule has 0 radical (unpaired) electrons. The van der Waals surface area contributed by atoms with Crippen molar-refractivity contribution in [3.05, 3.63) is 11.8 Å². The summed E-state index contributed by atoms with van der Waals surface area (Å²) in [5.41, 5.74) is 0. The van der Waals surface area contributed by atoms with Gasteiger partial charge in [-0.05, 0) is 50.3 Å². The predicted molar refractivity (Wildman–Crippen MR) is 68.3 cm³/mol. The van der Waals surface area contributed by atoms with Crippen LogP contribution in [0.5, 0.6) is 0 Å². The second-order valence-electron chi connectivity index (χ2n) is 3.89. The van der Waals surface area contributed by atoms with E-state index in [1.807, 2.05) is 11.8 Å². The van der Waals surface area contributed by atoms with E-state index in [-0.39, 0.29) is 0 Å². The highest BCUT2D eigenvalue weighted by molar-refractivity contribution is 7.98. The molecule has 0 saturated heterocycles. The fourth-order valence-electron chi connectivity index (χ4n) is 1.72. The van der Waals surface area contributed by atoms with Crippen molar-refractivity contribution < 1.29 is 4.74 Å². The van der Waals surface area contributed by atoms with Crippen LogP contribution in [0.15, 0.2) is 11.8 Å². The topological polar surface area (TPSA) is 21.3 Å². The van der Waals surface area contributed by atoms with Crippen molar-refractivity contribution in [2.75, 3.05) is 25.2 Å². The molecule has 0 amide bonds. The van der Waals surface area contributed by atoms with Crippen LogP contribution in [0, 0.1) is 0 Å². The van der Waals surface area contributed by atoms with Gasteiger partial charge in [0.15, 0.2) is 0 Å². The maximum atomic E-state index is 5.72. The highest BCUT2D eigenvalue weighted by Crippen LogP contribution is 2.17. The molecule has 0 aromatic heterocycles. The Bertz CT molecular complexity index is 186. The standard InChI is InChI=1S/C12H23NOS/c1-3-8-13-11(7-10-15-2)12-6-4-5-9-14-12/h6,11,13H,3-5,7-10H2,1-2H3. The van der Waals surface area contributed by atoms with E-state index >= 15 is 0 Å². The first kappa shape index (κ1) is 12.9. The van der Waals surface area contributed by atoms with E-state index in [4.69, 9.17) is 4.74 Å². The number of allylic oxidation sites excluding steroid dienone is 1. The van der Waals surface area contributed by atoms with Gasteiger partial charge < -0.3 is 10.1 Å². The summed E-state index contributed by atoms with van der Waals surface area (Å²) in [6.07, 6.45) is 9.13. The van der Waals surface area contributed by atoms with Crippen molar-refractivity contribution in [3.63, 3.8) is 0 Å². The molecule has 0 bridgehead atoms. The zero-order valence-corrected chi connectivity index (χ0v) is 10.7. The maximum Gasteiger partial charge on any atom is 0.109 e. The minimum absolute atomic E-state index is 0.442. The lowest BCUT2D eigenvalue weighted by Crippen LogP contribution is -2.34. The van der Waals surface area contributed by atoms with Crippen LogP contribution in [-0.2, 0) is 4.74 Å². The molecule has 2 nitrogen and oxygen atoms in total.